The molecular formula is C22H27NO3. The van der Waals surface area contributed by atoms with Crippen LogP contribution in [0.4, 0.5) is 0 Å². The van der Waals surface area contributed by atoms with Gasteiger partial charge in [-0.05, 0) is 47.9 Å². The van der Waals surface area contributed by atoms with Gasteiger partial charge in [-0.15, -0.1) is 0 Å². The fraction of sp³-hybridized carbons (Fsp3) is 0.409. The van der Waals surface area contributed by atoms with E-state index < -0.39 is 0 Å². The average molecular weight is 353 g/mol. The summed E-state index contributed by atoms with van der Waals surface area (Å²) in [5.74, 6) is 1.60. The number of carbonyl (C=O) groups excluding carboxylic acids is 1. The highest BCUT2D eigenvalue weighted by molar-refractivity contribution is 5.76. The van der Waals surface area contributed by atoms with Crippen LogP contribution in [0.15, 0.2) is 48.5 Å². The molecule has 1 atom stereocenters. The highest BCUT2D eigenvalue weighted by Gasteiger charge is 2.26. The zero-order chi connectivity index (χ0) is 18.4. The van der Waals surface area contributed by atoms with Gasteiger partial charge in [0.2, 0.25) is 5.91 Å². The molecule has 0 unspecified atom stereocenters. The van der Waals surface area contributed by atoms with E-state index in [4.69, 9.17) is 9.84 Å². The number of methoxy groups -OCH3 is 1. The zero-order valence-corrected chi connectivity index (χ0v) is 15.4. The molecule has 1 N–H and O–H groups in total. The van der Waals surface area contributed by atoms with Crippen LogP contribution in [-0.2, 0) is 24.2 Å². The van der Waals surface area contributed by atoms with Crippen molar-refractivity contribution in [1.82, 2.24) is 4.90 Å². The van der Waals surface area contributed by atoms with E-state index in [-0.39, 0.29) is 12.5 Å². The van der Waals surface area contributed by atoms with E-state index >= 15 is 0 Å². The first kappa shape index (κ1) is 18.5. The number of rotatable bonds is 7. The molecule has 0 aliphatic carbocycles. The molecule has 4 heteroatoms. The van der Waals surface area contributed by atoms with Crippen molar-refractivity contribution in [3.05, 3.63) is 65.2 Å². The predicted octanol–water partition coefficient (Wildman–Crippen LogP) is 3.21. The van der Waals surface area contributed by atoms with Gasteiger partial charge in [-0.25, -0.2) is 0 Å². The molecule has 2 aromatic rings. The smallest absolute Gasteiger partial charge is 0.222 e. The fourth-order valence-electron chi connectivity index (χ4n) is 3.65. The molecule has 0 saturated carbocycles. The summed E-state index contributed by atoms with van der Waals surface area (Å²) in [6.45, 7) is 1.77. The van der Waals surface area contributed by atoms with Gasteiger partial charge in [-0.3, -0.25) is 4.79 Å². The average Bonchev–Trinajstić information content (AvgIpc) is 3.15. The number of aliphatic hydroxyl groups is 1. The van der Waals surface area contributed by atoms with Crippen LogP contribution in [0.2, 0.25) is 0 Å². The maximum Gasteiger partial charge on any atom is 0.222 e. The fourth-order valence-corrected chi connectivity index (χ4v) is 3.65. The summed E-state index contributed by atoms with van der Waals surface area (Å²) in [6.07, 6.45) is 3.29. The third kappa shape index (κ3) is 4.64. The Hall–Kier alpha value is -2.33. The Morgan fingerprint density at radius 1 is 1.15 bits per heavy atom. The lowest BCUT2D eigenvalue weighted by atomic mass is 9.98. The summed E-state index contributed by atoms with van der Waals surface area (Å²) in [4.78, 5) is 14.6. The molecule has 2 aromatic carbocycles. The van der Waals surface area contributed by atoms with Gasteiger partial charge in [0, 0.05) is 19.5 Å². The van der Waals surface area contributed by atoms with Gasteiger partial charge < -0.3 is 14.7 Å². The highest BCUT2D eigenvalue weighted by Crippen LogP contribution is 2.23. The van der Waals surface area contributed by atoms with Crippen LogP contribution >= 0.6 is 0 Å². The molecule has 4 nitrogen and oxygen atoms in total. The van der Waals surface area contributed by atoms with E-state index in [1.54, 1.807) is 7.11 Å². The summed E-state index contributed by atoms with van der Waals surface area (Å²) in [6, 6.07) is 16.0. The van der Waals surface area contributed by atoms with Crippen LogP contribution in [0.5, 0.6) is 5.75 Å². The van der Waals surface area contributed by atoms with Crippen molar-refractivity contribution in [2.75, 3.05) is 20.2 Å². The molecule has 138 valence electrons. The Balaban J connectivity index is 1.49. The lowest BCUT2D eigenvalue weighted by Crippen LogP contribution is -2.29. The monoisotopic (exact) mass is 353 g/mol. The van der Waals surface area contributed by atoms with Gasteiger partial charge in [-0.2, -0.15) is 0 Å². The van der Waals surface area contributed by atoms with E-state index in [1.165, 1.54) is 5.56 Å². The molecule has 1 fully saturated rings. The van der Waals surface area contributed by atoms with Crippen LogP contribution < -0.4 is 4.74 Å². The van der Waals surface area contributed by atoms with Crippen LogP contribution in [0, 0.1) is 5.92 Å². The molecule has 3 rings (SSSR count). The number of hydrogen-bond acceptors (Lipinski definition) is 3. The lowest BCUT2D eigenvalue weighted by Gasteiger charge is -2.17. The van der Waals surface area contributed by atoms with E-state index in [0.29, 0.717) is 18.8 Å². The number of hydrogen-bond donors (Lipinski definition) is 1. The number of para-hydroxylation sites is 1. The number of ether oxygens (including phenoxy) is 1. The van der Waals surface area contributed by atoms with Crippen molar-refractivity contribution >= 4 is 5.91 Å². The largest absolute Gasteiger partial charge is 0.496 e. The number of benzene rings is 2. The Morgan fingerprint density at radius 2 is 1.88 bits per heavy atom. The van der Waals surface area contributed by atoms with Crippen molar-refractivity contribution in [2.24, 2.45) is 5.92 Å². The minimum atomic E-state index is 0.0815. The van der Waals surface area contributed by atoms with Crippen LogP contribution in [0.25, 0.3) is 0 Å². The van der Waals surface area contributed by atoms with Crippen LogP contribution in [0.1, 0.15) is 29.5 Å². The Labute approximate surface area is 155 Å². The van der Waals surface area contributed by atoms with Gasteiger partial charge in [0.25, 0.3) is 0 Å². The standard InChI is InChI=1S/C22H27NO3/c1-26-21-5-3-2-4-20(21)10-11-22(25)23-13-12-19(15-23)14-17-6-8-18(16-24)9-7-17/h2-9,19,24H,10-16H2,1H3/t19-/m0/s1. The summed E-state index contributed by atoms with van der Waals surface area (Å²) in [5, 5.41) is 9.12. The number of carbonyl (C=O) groups is 1. The molecule has 0 aromatic heterocycles. The van der Waals surface area contributed by atoms with Crippen molar-refractivity contribution in [3.63, 3.8) is 0 Å². The number of amides is 1. The lowest BCUT2D eigenvalue weighted by molar-refractivity contribution is -0.130. The maximum atomic E-state index is 12.6. The minimum absolute atomic E-state index is 0.0815. The second-order valence-corrected chi connectivity index (χ2v) is 6.99. The third-order valence-electron chi connectivity index (χ3n) is 5.17. The first-order valence-electron chi connectivity index (χ1n) is 9.28. The summed E-state index contributed by atoms with van der Waals surface area (Å²) < 4.78 is 5.36. The van der Waals surface area contributed by atoms with E-state index in [1.807, 2.05) is 41.3 Å². The number of nitrogens with zero attached hydrogens (tertiary/aromatic N) is 1. The van der Waals surface area contributed by atoms with E-state index in [9.17, 15) is 4.79 Å². The normalized spacial score (nSPS) is 16.7. The second kappa shape index (κ2) is 8.86. The summed E-state index contributed by atoms with van der Waals surface area (Å²) >= 11 is 0. The Kier molecular flexibility index (Phi) is 6.29. The molecule has 0 bridgehead atoms. The molecule has 1 saturated heterocycles. The quantitative estimate of drug-likeness (QED) is 0.831. The van der Waals surface area contributed by atoms with Gasteiger partial charge >= 0.3 is 0 Å². The minimum Gasteiger partial charge on any atom is -0.496 e. The van der Waals surface area contributed by atoms with Gasteiger partial charge in [-0.1, -0.05) is 42.5 Å². The second-order valence-electron chi connectivity index (χ2n) is 6.99. The number of aliphatic hydroxyl groups excluding tert-OH is 1. The molecule has 1 amide bonds. The Bertz CT molecular complexity index is 726. The van der Waals surface area contributed by atoms with Gasteiger partial charge in [0.05, 0.1) is 13.7 Å². The molecule has 0 spiro atoms. The topological polar surface area (TPSA) is 49.8 Å². The Morgan fingerprint density at radius 3 is 2.62 bits per heavy atom. The van der Waals surface area contributed by atoms with Gasteiger partial charge in [0.15, 0.2) is 0 Å². The first-order chi connectivity index (χ1) is 12.7. The van der Waals surface area contributed by atoms with Gasteiger partial charge in [0.1, 0.15) is 5.75 Å². The van der Waals surface area contributed by atoms with Crippen LogP contribution in [0.3, 0.4) is 0 Å². The number of likely N-dealkylation sites (tertiary alicyclic amines) is 1. The van der Waals surface area contributed by atoms with Crippen LogP contribution in [-0.4, -0.2) is 36.1 Å². The molecular weight excluding hydrogens is 326 g/mol. The van der Waals surface area contributed by atoms with Crippen molar-refractivity contribution < 1.29 is 14.6 Å². The van der Waals surface area contributed by atoms with E-state index in [0.717, 1.165) is 42.8 Å². The van der Waals surface area contributed by atoms with Crippen molar-refractivity contribution in [1.29, 1.82) is 0 Å². The third-order valence-corrected chi connectivity index (χ3v) is 5.17. The molecule has 1 aliphatic heterocycles. The molecule has 1 heterocycles. The predicted molar refractivity (Wildman–Crippen MR) is 102 cm³/mol. The number of aryl methyl sites for hydroxylation is 1. The van der Waals surface area contributed by atoms with Crippen molar-refractivity contribution in [3.8, 4) is 5.75 Å². The summed E-state index contributed by atoms with van der Waals surface area (Å²) in [7, 11) is 1.67. The van der Waals surface area contributed by atoms with E-state index in [2.05, 4.69) is 12.1 Å². The maximum absolute atomic E-state index is 12.6. The van der Waals surface area contributed by atoms with Crippen molar-refractivity contribution in [2.45, 2.75) is 32.3 Å². The molecule has 1 aliphatic rings. The summed E-state index contributed by atoms with van der Waals surface area (Å²) in [5.41, 5.74) is 3.30. The SMILES string of the molecule is COc1ccccc1CCC(=O)N1CC[C@@H](Cc2ccc(CO)cc2)C1. The molecule has 0 radical (unpaired) electrons. The molecule has 26 heavy (non-hydrogen) atoms. The zero-order valence-electron chi connectivity index (χ0n) is 15.4. The highest BCUT2D eigenvalue weighted by atomic mass is 16.5. The first-order valence-corrected chi connectivity index (χ1v) is 9.28.